The van der Waals surface area contributed by atoms with Gasteiger partial charge in [-0.2, -0.15) is 0 Å². The number of anilines is 3. The van der Waals surface area contributed by atoms with E-state index in [4.69, 9.17) is 9.40 Å². The van der Waals surface area contributed by atoms with E-state index in [0.29, 0.717) is 5.89 Å². The molecule has 0 aliphatic heterocycles. The van der Waals surface area contributed by atoms with Crippen LogP contribution >= 0.6 is 11.3 Å². The van der Waals surface area contributed by atoms with Crippen molar-refractivity contribution in [3.05, 3.63) is 194 Å². The zero-order chi connectivity index (χ0) is 37.5. The van der Waals surface area contributed by atoms with Gasteiger partial charge in [0.15, 0.2) is 5.58 Å². The second-order valence-corrected chi connectivity index (χ2v) is 15.8. The van der Waals surface area contributed by atoms with Crippen LogP contribution < -0.4 is 4.90 Å². The van der Waals surface area contributed by atoms with Crippen LogP contribution in [0.15, 0.2) is 199 Å². The maximum Gasteiger partial charge on any atom is 0.227 e. The van der Waals surface area contributed by atoms with E-state index < -0.39 is 0 Å². The van der Waals surface area contributed by atoms with Gasteiger partial charge in [0.25, 0.3) is 0 Å². The highest BCUT2D eigenvalue weighted by Gasteiger charge is 2.19. The predicted octanol–water partition coefficient (Wildman–Crippen LogP) is 15.6. The Morgan fingerprint density at radius 2 is 1.09 bits per heavy atom. The monoisotopic (exact) mass is 744 g/mol. The second kappa shape index (κ2) is 12.6. The summed E-state index contributed by atoms with van der Waals surface area (Å²) in [6.45, 7) is 0. The zero-order valence-electron chi connectivity index (χ0n) is 30.7. The minimum absolute atomic E-state index is 0.630. The van der Waals surface area contributed by atoms with Crippen LogP contribution in [0.2, 0.25) is 0 Å². The van der Waals surface area contributed by atoms with E-state index in [2.05, 4.69) is 169 Å². The molecular weight excluding hydrogens is 713 g/mol. The largest absolute Gasteiger partial charge is 0.435 e. The number of hydrogen-bond donors (Lipinski definition) is 0. The fourth-order valence-electron chi connectivity index (χ4n) is 8.75. The molecule has 0 radical (unpaired) electrons. The molecule has 0 N–H and O–H groups in total. The van der Waals surface area contributed by atoms with E-state index in [1.807, 2.05) is 41.7 Å². The van der Waals surface area contributed by atoms with Crippen molar-refractivity contribution in [1.82, 2.24) is 4.98 Å². The van der Waals surface area contributed by atoms with Crippen molar-refractivity contribution in [2.24, 2.45) is 0 Å². The normalized spacial score (nSPS) is 11.9. The van der Waals surface area contributed by atoms with Crippen LogP contribution in [0.5, 0.6) is 0 Å². The van der Waals surface area contributed by atoms with Gasteiger partial charge in [-0.3, -0.25) is 0 Å². The molecule has 0 saturated carbocycles. The third kappa shape index (κ3) is 5.15. The van der Waals surface area contributed by atoms with Crippen molar-refractivity contribution in [2.45, 2.75) is 0 Å². The number of hydrogen-bond acceptors (Lipinski definition) is 4. The average molecular weight is 745 g/mol. The van der Waals surface area contributed by atoms with Gasteiger partial charge in [-0.15, -0.1) is 11.3 Å². The van der Waals surface area contributed by atoms with Crippen molar-refractivity contribution in [2.75, 3.05) is 4.90 Å². The first-order valence-corrected chi connectivity index (χ1v) is 20.1. The van der Waals surface area contributed by atoms with Crippen LogP contribution in [0.4, 0.5) is 17.1 Å². The molecule has 57 heavy (non-hydrogen) atoms. The number of benzene rings is 10. The second-order valence-electron chi connectivity index (χ2n) is 14.7. The fraction of sp³-hybridized carbons (Fsp3) is 0. The van der Waals surface area contributed by atoms with Gasteiger partial charge in [0.05, 0.1) is 0 Å². The Bertz CT molecular complexity index is 3530. The Labute approximate surface area is 332 Å². The molecule has 3 nitrogen and oxygen atoms in total. The molecule has 4 heteroatoms. The average Bonchev–Trinajstić information content (AvgIpc) is 3.89. The van der Waals surface area contributed by atoms with Crippen LogP contribution in [0.25, 0.3) is 96.9 Å². The van der Waals surface area contributed by atoms with E-state index in [1.165, 1.54) is 52.8 Å². The zero-order valence-corrected chi connectivity index (χ0v) is 31.5. The Morgan fingerprint density at radius 1 is 0.404 bits per heavy atom. The quantitative estimate of drug-likeness (QED) is 0.164. The van der Waals surface area contributed by atoms with Gasteiger partial charge in [-0.1, -0.05) is 121 Å². The maximum absolute atomic E-state index is 6.59. The van der Waals surface area contributed by atoms with Gasteiger partial charge in [0, 0.05) is 48.2 Å². The summed E-state index contributed by atoms with van der Waals surface area (Å²) in [4.78, 5) is 7.30. The summed E-state index contributed by atoms with van der Waals surface area (Å²) in [5, 5.41) is 12.1. The Kier molecular flexibility index (Phi) is 7.10. The van der Waals surface area contributed by atoms with E-state index in [1.54, 1.807) is 0 Å². The molecule has 12 rings (SSSR count). The smallest absolute Gasteiger partial charge is 0.227 e. The lowest BCUT2D eigenvalue weighted by atomic mass is 9.95. The van der Waals surface area contributed by atoms with Gasteiger partial charge in [-0.25, -0.2) is 4.98 Å². The van der Waals surface area contributed by atoms with Crippen LogP contribution in [-0.4, -0.2) is 4.98 Å². The first-order chi connectivity index (χ1) is 28.2. The van der Waals surface area contributed by atoms with Crippen LogP contribution in [0.1, 0.15) is 0 Å². The predicted molar refractivity (Wildman–Crippen MR) is 242 cm³/mol. The van der Waals surface area contributed by atoms with E-state index >= 15 is 0 Å². The first kappa shape index (κ1) is 32.0. The summed E-state index contributed by atoms with van der Waals surface area (Å²) in [7, 11) is 0. The van der Waals surface area contributed by atoms with E-state index in [0.717, 1.165) is 55.3 Å². The molecule has 12 aromatic rings. The molecule has 2 aromatic heterocycles. The number of oxazole rings is 1. The van der Waals surface area contributed by atoms with Crippen LogP contribution in [-0.2, 0) is 0 Å². The summed E-state index contributed by atoms with van der Waals surface area (Å²) < 4.78 is 9.15. The van der Waals surface area contributed by atoms with Gasteiger partial charge >= 0.3 is 0 Å². The van der Waals surface area contributed by atoms with Gasteiger partial charge in [0.1, 0.15) is 5.52 Å². The molecule has 0 aliphatic carbocycles. The minimum Gasteiger partial charge on any atom is -0.435 e. The summed E-state index contributed by atoms with van der Waals surface area (Å²) in [5.41, 5.74) is 8.36. The molecule has 0 fully saturated rings. The Morgan fingerprint density at radius 3 is 1.96 bits per heavy atom. The lowest BCUT2D eigenvalue weighted by Gasteiger charge is -2.26. The maximum atomic E-state index is 6.59. The lowest BCUT2D eigenvalue weighted by Crippen LogP contribution is -2.09. The molecule has 0 amide bonds. The molecule has 0 aliphatic rings. The van der Waals surface area contributed by atoms with Crippen molar-refractivity contribution >= 4 is 103 Å². The molecule has 0 spiro atoms. The van der Waals surface area contributed by atoms with Gasteiger partial charge in [0.2, 0.25) is 5.89 Å². The van der Waals surface area contributed by atoms with Crippen LogP contribution in [0, 0.1) is 0 Å². The molecule has 0 atom stereocenters. The number of para-hydroxylation sites is 1. The molecule has 10 aromatic carbocycles. The molecular formula is C53H32N2OS. The molecule has 0 saturated heterocycles. The minimum atomic E-state index is 0.630. The van der Waals surface area contributed by atoms with E-state index in [9.17, 15) is 0 Å². The number of nitrogens with zero attached hydrogens (tertiary/aromatic N) is 2. The summed E-state index contributed by atoms with van der Waals surface area (Å²) in [6.07, 6.45) is 0. The van der Waals surface area contributed by atoms with Crippen molar-refractivity contribution in [3.8, 4) is 22.6 Å². The van der Waals surface area contributed by atoms with Gasteiger partial charge in [-0.05, 0) is 122 Å². The lowest BCUT2D eigenvalue weighted by molar-refractivity contribution is 0.623. The summed E-state index contributed by atoms with van der Waals surface area (Å²) in [6, 6.07) is 69.9. The summed E-state index contributed by atoms with van der Waals surface area (Å²) >= 11 is 1.86. The third-order valence-electron chi connectivity index (χ3n) is 11.4. The topological polar surface area (TPSA) is 29.3 Å². The highest BCUT2D eigenvalue weighted by Crippen LogP contribution is 2.45. The third-order valence-corrected chi connectivity index (χ3v) is 12.6. The Hall–Kier alpha value is -7.27. The highest BCUT2D eigenvalue weighted by molar-refractivity contribution is 7.26. The first-order valence-electron chi connectivity index (χ1n) is 19.3. The molecule has 0 unspecified atom stereocenters. The SMILES string of the molecule is c1ccc(-c2nc3ccc4ccc5ccc(N(c6ccccc6)c6ccc7sc8cccc(-c9ccc%10c(ccc%11ccccc%11%10)c9)c8c7c6)cc5c4c3o2)cc1. The standard InChI is InChI=1S/C53H32N2OS/c1-3-11-36(12-4-1)53-54-47-28-24-35-20-18-34-22-25-40(31-45(34)50(35)52(47)56-53)55(39-13-5-2-6-14-39)41-26-29-48-46(32-41)51-44(16-9-17-49(51)57-48)38-23-27-43-37(30-38)21-19-33-10-7-8-15-42(33)43/h1-32H. The number of thiophene rings is 1. The van der Waals surface area contributed by atoms with Crippen molar-refractivity contribution in [3.63, 3.8) is 0 Å². The van der Waals surface area contributed by atoms with Crippen LogP contribution in [0.3, 0.4) is 0 Å². The van der Waals surface area contributed by atoms with E-state index in [-0.39, 0.29) is 0 Å². The fourth-order valence-corrected chi connectivity index (χ4v) is 9.86. The molecule has 266 valence electrons. The van der Waals surface area contributed by atoms with Crippen molar-refractivity contribution in [1.29, 1.82) is 0 Å². The van der Waals surface area contributed by atoms with Gasteiger partial charge < -0.3 is 9.32 Å². The Balaban J connectivity index is 1.05. The highest BCUT2D eigenvalue weighted by atomic mass is 32.1. The molecule has 0 bridgehead atoms. The molecule has 2 heterocycles. The number of rotatable bonds is 5. The van der Waals surface area contributed by atoms with Crippen molar-refractivity contribution < 1.29 is 4.42 Å². The number of aromatic nitrogens is 1. The summed E-state index contributed by atoms with van der Waals surface area (Å²) in [5.74, 6) is 0.630. The number of fused-ring (bicyclic) bond motifs is 11.